The molecule has 0 saturated carbocycles. The summed E-state index contributed by atoms with van der Waals surface area (Å²) < 4.78 is 25.8. The van der Waals surface area contributed by atoms with Crippen molar-refractivity contribution in [1.29, 1.82) is 0 Å². The van der Waals surface area contributed by atoms with E-state index in [9.17, 15) is 13.2 Å². The third-order valence-corrected chi connectivity index (χ3v) is 3.74. The highest BCUT2D eigenvalue weighted by Crippen LogP contribution is 2.10. The minimum atomic E-state index is -3.65. The fourth-order valence-electron chi connectivity index (χ4n) is 1.26. The fourth-order valence-corrected chi connectivity index (χ4v) is 2.31. The zero-order valence-electron chi connectivity index (χ0n) is 9.83. The molecule has 1 atom stereocenters. The molecule has 0 heterocycles. The third-order valence-electron chi connectivity index (χ3n) is 2.27. The molecule has 0 aromatic heterocycles. The van der Waals surface area contributed by atoms with Crippen LogP contribution in [0.2, 0.25) is 0 Å². The van der Waals surface area contributed by atoms with Crippen LogP contribution < -0.4 is 4.72 Å². The molecule has 18 heavy (non-hydrogen) atoms. The van der Waals surface area contributed by atoms with Crippen LogP contribution in [-0.4, -0.2) is 37.2 Å². The summed E-state index contributed by atoms with van der Waals surface area (Å²) >= 11 is 0. The van der Waals surface area contributed by atoms with Gasteiger partial charge in [-0.25, -0.2) is 17.9 Å². The van der Waals surface area contributed by atoms with Gasteiger partial charge in [0, 0.05) is 6.54 Å². The first-order valence-corrected chi connectivity index (χ1v) is 6.82. The monoisotopic (exact) mass is 273 g/mol. The largest absolute Gasteiger partial charge is 0.478 e. The van der Waals surface area contributed by atoms with Crippen LogP contribution in [0.25, 0.3) is 0 Å². The molecule has 0 radical (unpaired) electrons. The van der Waals surface area contributed by atoms with Crippen molar-refractivity contribution in [2.45, 2.75) is 24.3 Å². The number of aliphatic hydroxyl groups is 1. The second kappa shape index (κ2) is 5.94. The highest BCUT2D eigenvalue weighted by Gasteiger charge is 2.14. The van der Waals surface area contributed by atoms with Crippen LogP contribution in [0.1, 0.15) is 23.7 Å². The molecule has 3 N–H and O–H groups in total. The van der Waals surface area contributed by atoms with Gasteiger partial charge in [0.15, 0.2) is 0 Å². The Hall–Kier alpha value is -1.44. The Labute approximate surface area is 105 Å². The summed E-state index contributed by atoms with van der Waals surface area (Å²) in [4.78, 5) is 10.6. The van der Waals surface area contributed by atoms with Crippen LogP contribution in [0.3, 0.4) is 0 Å². The molecule has 0 bridgehead atoms. The summed E-state index contributed by atoms with van der Waals surface area (Å²) in [5.74, 6) is -1.11. The first-order valence-electron chi connectivity index (χ1n) is 5.34. The molecule has 1 unspecified atom stereocenters. The fraction of sp³-hybridized carbons (Fsp3) is 0.364. The number of carboxylic acids is 1. The summed E-state index contributed by atoms with van der Waals surface area (Å²) in [5.41, 5.74) is 0.0259. The van der Waals surface area contributed by atoms with E-state index >= 15 is 0 Å². The molecular formula is C11H15NO5S. The van der Waals surface area contributed by atoms with Gasteiger partial charge in [0.05, 0.1) is 16.6 Å². The number of aliphatic hydroxyl groups excluding tert-OH is 1. The molecule has 100 valence electrons. The van der Waals surface area contributed by atoms with Crippen LogP contribution in [0.5, 0.6) is 0 Å². The maximum Gasteiger partial charge on any atom is 0.335 e. The van der Waals surface area contributed by atoms with E-state index in [1.54, 1.807) is 6.92 Å². The summed E-state index contributed by atoms with van der Waals surface area (Å²) in [7, 11) is -3.65. The first kappa shape index (κ1) is 14.6. The van der Waals surface area contributed by atoms with Crippen molar-refractivity contribution in [3.05, 3.63) is 29.8 Å². The average Bonchev–Trinajstić information content (AvgIpc) is 2.28. The van der Waals surface area contributed by atoms with E-state index in [0.717, 1.165) is 0 Å². The molecule has 1 rings (SSSR count). The zero-order chi connectivity index (χ0) is 13.8. The van der Waals surface area contributed by atoms with Gasteiger partial charge in [-0.15, -0.1) is 0 Å². The van der Waals surface area contributed by atoms with E-state index in [-0.39, 0.29) is 17.0 Å². The number of hydrogen-bond acceptors (Lipinski definition) is 4. The highest BCUT2D eigenvalue weighted by atomic mass is 32.2. The van der Waals surface area contributed by atoms with Gasteiger partial charge in [-0.05, 0) is 37.6 Å². The zero-order valence-corrected chi connectivity index (χ0v) is 10.6. The summed E-state index contributed by atoms with van der Waals surface area (Å²) in [6.45, 7) is 1.69. The molecule has 0 amide bonds. The normalized spacial score (nSPS) is 13.2. The van der Waals surface area contributed by atoms with E-state index < -0.39 is 22.1 Å². The van der Waals surface area contributed by atoms with Crippen LogP contribution >= 0.6 is 0 Å². The lowest BCUT2D eigenvalue weighted by Crippen LogP contribution is -2.26. The van der Waals surface area contributed by atoms with Crippen molar-refractivity contribution in [2.24, 2.45) is 0 Å². The number of benzene rings is 1. The standard InChI is InChI=1S/C11H15NO5S/c1-8(13)6-7-12-18(16,17)10-4-2-9(3-5-10)11(14)15/h2-5,8,12-13H,6-7H2,1H3,(H,14,15). The minimum Gasteiger partial charge on any atom is -0.478 e. The average molecular weight is 273 g/mol. The Morgan fingerprint density at radius 3 is 2.33 bits per heavy atom. The molecule has 0 aliphatic carbocycles. The molecule has 1 aromatic rings. The molecule has 0 aliphatic rings. The van der Waals surface area contributed by atoms with Crippen molar-refractivity contribution in [1.82, 2.24) is 4.72 Å². The van der Waals surface area contributed by atoms with Crippen LogP contribution in [0.4, 0.5) is 0 Å². The number of hydrogen-bond donors (Lipinski definition) is 3. The van der Waals surface area contributed by atoms with Gasteiger partial charge < -0.3 is 10.2 Å². The van der Waals surface area contributed by atoms with Gasteiger partial charge >= 0.3 is 5.97 Å². The van der Waals surface area contributed by atoms with Gasteiger partial charge in [-0.2, -0.15) is 0 Å². The first-order chi connectivity index (χ1) is 8.33. The molecule has 7 heteroatoms. The van der Waals surface area contributed by atoms with Crippen molar-refractivity contribution < 1.29 is 23.4 Å². The molecule has 0 saturated heterocycles. The Balaban J connectivity index is 2.76. The molecule has 0 fully saturated rings. The Bertz CT molecular complexity index is 507. The van der Waals surface area contributed by atoms with E-state index in [1.165, 1.54) is 24.3 Å². The number of carbonyl (C=O) groups is 1. The predicted octanol–water partition coefficient (Wildman–Crippen LogP) is 0.434. The van der Waals surface area contributed by atoms with E-state index in [1.807, 2.05) is 0 Å². The van der Waals surface area contributed by atoms with Gasteiger partial charge in [-0.3, -0.25) is 0 Å². The van der Waals surface area contributed by atoms with Crippen molar-refractivity contribution in [3.63, 3.8) is 0 Å². The maximum absolute atomic E-state index is 11.8. The maximum atomic E-state index is 11.8. The summed E-state index contributed by atoms with van der Waals surface area (Å²) in [5, 5.41) is 17.7. The minimum absolute atomic E-state index is 0.00177. The van der Waals surface area contributed by atoms with E-state index in [0.29, 0.717) is 6.42 Å². The summed E-state index contributed by atoms with van der Waals surface area (Å²) in [6, 6.07) is 4.92. The summed E-state index contributed by atoms with van der Waals surface area (Å²) in [6.07, 6.45) is -0.269. The highest BCUT2D eigenvalue weighted by molar-refractivity contribution is 7.89. The van der Waals surface area contributed by atoms with E-state index in [4.69, 9.17) is 10.2 Å². The SMILES string of the molecule is CC(O)CCNS(=O)(=O)c1ccc(C(=O)O)cc1. The number of carboxylic acid groups (broad SMARTS) is 1. The van der Waals surface area contributed by atoms with Crippen molar-refractivity contribution >= 4 is 16.0 Å². The molecule has 6 nitrogen and oxygen atoms in total. The van der Waals surface area contributed by atoms with Crippen LogP contribution in [-0.2, 0) is 10.0 Å². The topological polar surface area (TPSA) is 104 Å². The van der Waals surface area contributed by atoms with Gasteiger partial charge in [-0.1, -0.05) is 0 Å². The lowest BCUT2D eigenvalue weighted by atomic mass is 10.2. The second-order valence-electron chi connectivity index (χ2n) is 3.87. The number of nitrogens with one attached hydrogen (secondary N) is 1. The molecule has 0 aliphatic heterocycles. The van der Waals surface area contributed by atoms with Crippen LogP contribution in [0, 0.1) is 0 Å². The predicted molar refractivity (Wildman–Crippen MR) is 64.9 cm³/mol. The lowest BCUT2D eigenvalue weighted by molar-refractivity contribution is 0.0696. The molecule has 1 aromatic carbocycles. The molecular weight excluding hydrogens is 258 g/mol. The Morgan fingerprint density at radius 2 is 1.89 bits per heavy atom. The quantitative estimate of drug-likeness (QED) is 0.697. The van der Waals surface area contributed by atoms with Crippen molar-refractivity contribution in [3.8, 4) is 0 Å². The number of aromatic carboxylic acids is 1. The smallest absolute Gasteiger partial charge is 0.335 e. The van der Waals surface area contributed by atoms with E-state index in [2.05, 4.69) is 4.72 Å². The van der Waals surface area contributed by atoms with Gasteiger partial charge in [0.2, 0.25) is 10.0 Å². The van der Waals surface area contributed by atoms with Gasteiger partial charge in [0.1, 0.15) is 0 Å². The third kappa shape index (κ3) is 4.10. The van der Waals surface area contributed by atoms with Crippen LogP contribution in [0.15, 0.2) is 29.2 Å². The molecule has 0 spiro atoms. The Kier molecular flexibility index (Phi) is 4.83. The number of rotatable bonds is 6. The second-order valence-corrected chi connectivity index (χ2v) is 5.63. The lowest BCUT2D eigenvalue weighted by Gasteiger charge is -2.08. The van der Waals surface area contributed by atoms with Crippen molar-refractivity contribution in [2.75, 3.05) is 6.54 Å². The van der Waals surface area contributed by atoms with Gasteiger partial charge in [0.25, 0.3) is 0 Å². The Morgan fingerprint density at radius 1 is 1.33 bits per heavy atom. The number of sulfonamides is 1.